The number of pyridine rings is 1. The monoisotopic (exact) mass is 333 g/mol. The van der Waals surface area contributed by atoms with Gasteiger partial charge < -0.3 is 10.6 Å². The average molecular weight is 333 g/mol. The third-order valence-electron chi connectivity index (χ3n) is 3.55. The van der Waals surface area contributed by atoms with E-state index in [1.54, 1.807) is 18.3 Å². The third kappa shape index (κ3) is 4.60. The van der Waals surface area contributed by atoms with E-state index in [-0.39, 0.29) is 11.6 Å². The molecule has 0 saturated carbocycles. The Labute approximate surface area is 146 Å². The van der Waals surface area contributed by atoms with Gasteiger partial charge in [-0.3, -0.25) is 9.78 Å². The Kier molecular flexibility index (Phi) is 4.99. The van der Waals surface area contributed by atoms with Crippen LogP contribution in [0.15, 0.2) is 54.7 Å². The number of anilines is 2. The first kappa shape index (κ1) is 16.6. The van der Waals surface area contributed by atoms with Gasteiger partial charge in [0.05, 0.1) is 12.2 Å². The van der Waals surface area contributed by atoms with Crippen molar-refractivity contribution < 1.29 is 4.79 Å². The van der Waals surface area contributed by atoms with Gasteiger partial charge in [-0.1, -0.05) is 12.1 Å². The van der Waals surface area contributed by atoms with Crippen LogP contribution in [-0.4, -0.2) is 21.1 Å². The van der Waals surface area contributed by atoms with Crippen molar-refractivity contribution in [2.45, 2.75) is 20.4 Å². The lowest BCUT2D eigenvalue weighted by atomic mass is 10.1. The summed E-state index contributed by atoms with van der Waals surface area (Å²) >= 11 is 0. The third-order valence-corrected chi connectivity index (χ3v) is 3.55. The SMILES string of the molecule is Cc1cc(C)cc(NC(=O)c2ccc(NCc3ccccn3)nn2)c1. The average Bonchev–Trinajstić information content (AvgIpc) is 2.60. The molecule has 2 N–H and O–H groups in total. The lowest BCUT2D eigenvalue weighted by Crippen LogP contribution is -2.15. The summed E-state index contributed by atoms with van der Waals surface area (Å²) in [6, 6.07) is 15.0. The number of benzene rings is 1. The number of amides is 1. The molecular weight excluding hydrogens is 314 g/mol. The summed E-state index contributed by atoms with van der Waals surface area (Å²) < 4.78 is 0. The first-order valence-electron chi connectivity index (χ1n) is 7.97. The van der Waals surface area contributed by atoms with E-state index in [0.717, 1.165) is 22.5 Å². The second-order valence-electron chi connectivity index (χ2n) is 5.81. The number of nitrogens with one attached hydrogen (secondary N) is 2. The number of hydrogen-bond acceptors (Lipinski definition) is 5. The van der Waals surface area contributed by atoms with Crippen LogP contribution in [0.4, 0.5) is 11.5 Å². The molecule has 6 nitrogen and oxygen atoms in total. The van der Waals surface area contributed by atoms with Crippen molar-refractivity contribution in [1.29, 1.82) is 0 Å². The summed E-state index contributed by atoms with van der Waals surface area (Å²) in [4.78, 5) is 16.5. The minimum absolute atomic E-state index is 0.266. The summed E-state index contributed by atoms with van der Waals surface area (Å²) in [5, 5.41) is 14.0. The zero-order valence-corrected chi connectivity index (χ0v) is 14.2. The minimum Gasteiger partial charge on any atom is -0.363 e. The van der Waals surface area contributed by atoms with Crippen LogP contribution in [0.5, 0.6) is 0 Å². The Balaban J connectivity index is 1.62. The van der Waals surface area contributed by atoms with Gasteiger partial charge in [-0.05, 0) is 61.4 Å². The van der Waals surface area contributed by atoms with Gasteiger partial charge in [0, 0.05) is 11.9 Å². The summed E-state index contributed by atoms with van der Waals surface area (Å²) in [6.45, 7) is 4.53. The van der Waals surface area contributed by atoms with Crippen molar-refractivity contribution in [2.24, 2.45) is 0 Å². The van der Waals surface area contributed by atoms with Crippen LogP contribution >= 0.6 is 0 Å². The van der Waals surface area contributed by atoms with E-state index in [1.807, 2.05) is 44.2 Å². The second-order valence-corrected chi connectivity index (χ2v) is 5.81. The molecule has 0 aliphatic rings. The molecule has 0 radical (unpaired) electrons. The molecule has 3 aromatic rings. The molecule has 25 heavy (non-hydrogen) atoms. The molecule has 6 heteroatoms. The summed E-state index contributed by atoms with van der Waals surface area (Å²) in [7, 11) is 0. The van der Waals surface area contributed by atoms with Crippen LogP contribution in [0, 0.1) is 13.8 Å². The number of rotatable bonds is 5. The summed E-state index contributed by atoms with van der Waals surface area (Å²) in [5.41, 5.74) is 4.11. The maximum absolute atomic E-state index is 12.3. The van der Waals surface area contributed by atoms with Crippen LogP contribution < -0.4 is 10.6 Å². The molecule has 1 aromatic carbocycles. The lowest BCUT2D eigenvalue weighted by molar-refractivity contribution is 0.102. The predicted octanol–water partition coefficient (Wildman–Crippen LogP) is 3.35. The molecule has 0 bridgehead atoms. The zero-order valence-electron chi connectivity index (χ0n) is 14.2. The van der Waals surface area contributed by atoms with Gasteiger partial charge in [-0.2, -0.15) is 0 Å². The van der Waals surface area contributed by atoms with E-state index in [0.29, 0.717) is 12.4 Å². The number of nitrogens with zero attached hydrogens (tertiary/aromatic N) is 3. The van der Waals surface area contributed by atoms with E-state index in [1.165, 1.54) is 0 Å². The lowest BCUT2D eigenvalue weighted by Gasteiger charge is -2.08. The highest BCUT2D eigenvalue weighted by Crippen LogP contribution is 2.14. The number of carbonyl (C=O) groups is 1. The van der Waals surface area contributed by atoms with Gasteiger partial charge in [0.15, 0.2) is 5.69 Å². The molecule has 0 spiro atoms. The fraction of sp³-hybridized carbons (Fsp3) is 0.158. The highest BCUT2D eigenvalue weighted by molar-refractivity contribution is 6.02. The molecule has 126 valence electrons. The number of aromatic nitrogens is 3. The van der Waals surface area contributed by atoms with Crippen molar-refractivity contribution in [3.63, 3.8) is 0 Å². The normalized spacial score (nSPS) is 10.3. The van der Waals surface area contributed by atoms with E-state index < -0.39 is 0 Å². The number of hydrogen-bond donors (Lipinski definition) is 2. The fourth-order valence-electron chi connectivity index (χ4n) is 2.47. The molecule has 0 unspecified atom stereocenters. The molecule has 0 saturated heterocycles. The van der Waals surface area contributed by atoms with E-state index in [2.05, 4.69) is 31.9 Å². The maximum atomic E-state index is 12.3. The Morgan fingerprint density at radius 3 is 2.44 bits per heavy atom. The summed E-state index contributed by atoms with van der Waals surface area (Å²) in [6.07, 6.45) is 1.74. The van der Waals surface area contributed by atoms with Gasteiger partial charge in [0.2, 0.25) is 0 Å². The topological polar surface area (TPSA) is 79.8 Å². The molecular formula is C19H19N5O. The predicted molar refractivity (Wildman–Crippen MR) is 97.5 cm³/mol. The molecule has 1 amide bonds. The minimum atomic E-state index is -0.284. The van der Waals surface area contributed by atoms with Crippen molar-refractivity contribution in [1.82, 2.24) is 15.2 Å². The second kappa shape index (κ2) is 7.53. The largest absolute Gasteiger partial charge is 0.363 e. The van der Waals surface area contributed by atoms with Gasteiger partial charge >= 0.3 is 0 Å². The highest BCUT2D eigenvalue weighted by Gasteiger charge is 2.09. The first-order valence-corrected chi connectivity index (χ1v) is 7.97. The van der Waals surface area contributed by atoms with Crippen molar-refractivity contribution in [3.8, 4) is 0 Å². The van der Waals surface area contributed by atoms with Crippen LogP contribution in [-0.2, 0) is 6.54 Å². The molecule has 2 heterocycles. The quantitative estimate of drug-likeness (QED) is 0.748. The van der Waals surface area contributed by atoms with Crippen LogP contribution in [0.1, 0.15) is 27.3 Å². The molecule has 0 atom stereocenters. The standard InChI is InChI=1S/C19H19N5O/c1-13-9-14(2)11-16(10-13)22-19(25)17-6-7-18(24-23-17)21-12-15-5-3-4-8-20-15/h3-11H,12H2,1-2H3,(H,21,24)(H,22,25). The van der Waals surface area contributed by atoms with Gasteiger partial charge in [0.25, 0.3) is 5.91 Å². The number of aryl methyl sites for hydroxylation is 2. The van der Waals surface area contributed by atoms with Gasteiger partial charge in [0.1, 0.15) is 5.82 Å². The van der Waals surface area contributed by atoms with E-state index in [9.17, 15) is 4.79 Å². The van der Waals surface area contributed by atoms with Gasteiger partial charge in [-0.25, -0.2) is 0 Å². The molecule has 0 aliphatic heterocycles. The molecule has 2 aromatic heterocycles. The molecule has 3 rings (SSSR count). The molecule has 0 fully saturated rings. The fourth-order valence-corrected chi connectivity index (χ4v) is 2.47. The Hall–Kier alpha value is -3.28. The smallest absolute Gasteiger partial charge is 0.276 e. The Bertz CT molecular complexity index is 842. The Morgan fingerprint density at radius 2 is 1.80 bits per heavy atom. The zero-order chi connectivity index (χ0) is 17.6. The van der Waals surface area contributed by atoms with Crippen LogP contribution in [0.2, 0.25) is 0 Å². The van der Waals surface area contributed by atoms with Crippen LogP contribution in [0.25, 0.3) is 0 Å². The molecule has 0 aliphatic carbocycles. The number of carbonyl (C=O) groups excluding carboxylic acids is 1. The van der Waals surface area contributed by atoms with E-state index in [4.69, 9.17) is 0 Å². The summed E-state index contributed by atoms with van der Waals surface area (Å²) in [5.74, 6) is 0.308. The first-order chi connectivity index (χ1) is 12.1. The van der Waals surface area contributed by atoms with Crippen molar-refractivity contribution in [3.05, 3.63) is 77.2 Å². The Morgan fingerprint density at radius 1 is 1.00 bits per heavy atom. The highest BCUT2D eigenvalue weighted by atomic mass is 16.1. The van der Waals surface area contributed by atoms with Gasteiger partial charge in [-0.15, -0.1) is 10.2 Å². The van der Waals surface area contributed by atoms with Crippen LogP contribution in [0.3, 0.4) is 0 Å². The van der Waals surface area contributed by atoms with Crippen molar-refractivity contribution >= 4 is 17.4 Å². The maximum Gasteiger partial charge on any atom is 0.276 e. The van der Waals surface area contributed by atoms with E-state index >= 15 is 0 Å². The van der Waals surface area contributed by atoms with Crippen molar-refractivity contribution in [2.75, 3.05) is 10.6 Å².